The molecular formula is C16H12O5. The summed E-state index contributed by atoms with van der Waals surface area (Å²) in [4.78, 5) is 11.8. The smallest absolute Gasteiger partial charge is 0.312 e. The average Bonchev–Trinajstić information content (AvgIpc) is 2.93. The van der Waals surface area contributed by atoms with E-state index in [4.69, 9.17) is 14.2 Å². The van der Waals surface area contributed by atoms with E-state index in [0.29, 0.717) is 22.8 Å². The van der Waals surface area contributed by atoms with Crippen LogP contribution < -0.4 is 14.2 Å². The van der Waals surface area contributed by atoms with E-state index in [1.807, 2.05) is 18.2 Å². The van der Waals surface area contributed by atoms with Gasteiger partial charge in [-0.1, -0.05) is 12.1 Å². The Morgan fingerprint density at radius 1 is 1.05 bits per heavy atom. The van der Waals surface area contributed by atoms with Crippen LogP contribution in [0.5, 0.6) is 23.0 Å². The highest BCUT2D eigenvalue weighted by Gasteiger charge is 2.31. The summed E-state index contributed by atoms with van der Waals surface area (Å²) in [5, 5.41) is 10.1. The lowest BCUT2D eigenvalue weighted by molar-refractivity contribution is -0.135. The lowest BCUT2D eigenvalue weighted by atomic mass is 9.85. The molecule has 0 unspecified atom stereocenters. The Morgan fingerprint density at radius 3 is 2.81 bits per heavy atom. The lowest BCUT2D eigenvalue weighted by Gasteiger charge is -2.25. The molecule has 21 heavy (non-hydrogen) atoms. The molecule has 1 N–H and O–H groups in total. The predicted molar refractivity (Wildman–Crippen MR) is 72.8 cm³/mol. The second-order valence-electron chi connectivity index (χ2n) is 5.03. The number of carbonyl (C=O) groups excluding carboxylic acids is 1. The molecule has 106 valence electrons. The van der Waals surface area contributed by atoms with Crippen LogP contribution in [0.15, 0.2) is 36.4 Å². The molecule has 0 amide bonds. The summed E-state index contributed by atoms with van der Waals surface area (Å²) >= 11 is 0. The molecule has 1 atom stereocenters. The number of aromatic hydroxyl groups is 1. The topological polar surface area (TPSA) is 65.0 Å². The van der Waals surface area contributed by atoms with Gasteiger partial charge < -0.3 is 19.3 Å². The second kappa shape index (κ2) is 4.41. The van der Waals surface area contributed by atoms with Crippen LogP contribution in [0.4, 0.5) is 0 Å². The maximum atomic E-state index is 11.8. The van der Waals surface area contributed by atoms with Gasteiger partial charge in [-0.05, 0) is 29.8 Å². The van der Waals surface area contributed by atoms with Crippen molar-refractivity contribution in [3.05, 3.63) is 47.5 Å². The Bertz CT molecular complexity index is 737. The van der Waals surface area contributed by atoms with Crippen molar-refractivity contribution in [2.45, 2.75) is 12.3 Å². The number of phenols is 1. The summed E-state index contributed by atoms with van der Waals surface area (Å²) in [6.45, 7) is 0.202. The molecule has 5 nitrogen and oxygen atoms in total. The zero-order valence-corrected chi connectivity index (χ0v) is 11.0. The number of hydrogen-bond acceptors (Lipinski definition) is 5. The Kier molecular flexibility index (Phi) is 2.54. The zero-order chi connectivity index (χ0) is 14.4. The van der Waals surface area contributed by atoms with Crippen LogP contribution in [0.25, 0.3) is 0 Å². The van der Waals surface area contributed by atoms with Crippen molar-refractivity contribution in [3.8, 4) is 23.0 Å². The third kappa shape index (κ3) is 1.89. The van der Waals surface area contributed by atoms with Gasteiger partial charge in [0.25, 0.3) is 0 Å². The third-order valence-electron chi connectivity index (χ3n) is 3.79. The van der Waals surface area contributed by atoms with Crippen molar-refractivity contribution < 1.29 is 24.1 Å². The standard InChI is InChI=1S/C16H12O5/c17-11-2-1-3-13-16(11)10(7-15(18)21-13)9-4-5-12-14(6-9)20-8-19-12/h1-6,10,17H,7-8H2/t10-/m0/s1. The number of benzene rings is 2. The van der Waals surface area contributed by atoms with E-state index < -0.39 is 0 Å². The van der Waals surface area contributed by atoms with E-state index in [0.717, 1.165) is 5.56 Å². The van der Waals surface area contributed by atoms with E-state index >= 15 is 0 Å². The molecule has 2 aliphatic heterocycles. The Balaban J connectivity index is 1.84. The van der Waals surface area contributed by atoms with Gasteiger partial charge in [0.1, 0.15) is 11.5 Å². The molecule has 0 saturated carbocycles. The molecule has 2 heterocycles. The highest BCUT2D eigenvalue weighted by Crippen LogP contribution is 2.45. The molecule has 0 spiro atoms. The maximum absolute atomic E-state index is 11.8. The van der Waals surface area contributed by atoms with Crippen LogP contribution in [-0.2, 0) is 4.79 Å². The van der Waals surface area contributed by atoms with Crippen molar-refractivity contribution in [3.63, 3.8) is 0 Å². The quantitative estimate of drug-likeness (QED) is 0.644. The first-order valence-electron chi connectivity index (χ1n) is 6.64. The minimum absolute atomic E-state index is 0.127. The molecule has 0 fully saturated rings. The van der Waals surface area contributed by atoms with Crippen LogP contribution in [0, 0.1) is 0 Å². The van der Waals surface area contributed by atoms with Gasteiger partial charge in [-0.15, -0.1) is 0 Å². The van der Waals surface area contributed by atoms with Crippen molar-refractivity contribution in [2.24, 2.45) is 0 Å². The molecule has 0 aromatic heterocycles. The van der Waals surface area contributed by atoms with Gasteiger partial charge in [0.15, 0.2) is 11.5 Å². The van der Waals surface area contributed by atoms with Gasteiger partial charge in [-0.3, -0.25) is 4.79 Å². The summed E-state index contributed by atoms with van der Waals surface area (Å²) in [6, 6.07) is 10.5. The average molecular weight is 284 g/mol. The Labute approximate surface area is 120 Å². The van der Waals surface area contributed by atoms with Crippen molar-refractivity contribution in [1.29, 1.82) is 0 Å². The van der Waals surface area contributed by atoms with E-state index in [-0.39, 0.29) is 30.9 Å². The second-order valence-corrected chi connectivity index (χ2v) is 5.03. The molecular weight excluding hydrogens is 272 g/mol. The van der Waals surface area contributed by atoms with Crippen LogP contribution >= 0.6 is 0 Å². The van der Waals surface area contributed by atoms with Crippen LogP contribution in [0.1, 0.15) is 23.5 Å². The molecule has 0 bridgehead atoms. The largest absolute Gasteiger partial charge is 0.508 e. The van der Waals surface area contributed by atoms with Gasteiger partial charge in [0.05, 0.1) is 6.42 Å². The van der Waals surface area contributed by atoms with Crippen molar-refractivity contribution >= 4 is 5.97 Å². The summed E-state index contributed by atoms with van der Waals surface area (Å²) in [5.74, 6) is 1.32. The molecule has 0 radical (unpaired) electrons. The number of esters is 1. The number of hydrogen-bond donors (Lipinski definition) is 1. The summed E-state index contributed by atoms with van der Waals surface area (Å²) in [6.07, 6.45) is 0.185. The Morgan fingerprint density at radius 2 is 1.90 bits per heavy atom. The van der Waals surface area contributed by atoms with Crippen LogP contribution in [-0.4, -0.2) is 17.9 Å². The minimum Gasteiger partial charge on any atom is -0.508 e. The molecule has 4 rings (SSSR count). The SMILES string of the molecule is O=C1C[C@@H](c2ccc3c(c2)OCO3)c2c(O)cccc2O1. The van der Waals surface area contributed by atoms with Crippen LogP contribution in [0.3, 0.4) is 0 Å². The molecule has 2 aromatic rings. The molecule has 2 aliphatic rings. The monoisotopic (exact) mass is 284 g/mol. The van der Waals surface area contributed by atoms with Gasteiger partial charge in [0.2, 0.25) is 6.79 Å². The van der Waals surface area contributed by atoms with E-state index in [1.165, 1.54) is 0 Å². The maximum Gasteiger partial charge on any atom is 0.312 e. The normalized spacial score (nSPS) is 19.0. The zero-order valence-electron chi connectivity index (χ0n) is 11.0. The van der Waals surface area contributed by atoms with Gasteiger partial charge in [0, 0.05) is 11.5 Å². The summed E-state index contributed by atoms with van der Waals surface area (Å²) < 4.78 is 15.9. The number of ether oxygens (including phenoxy) is 3. The first kappa shape index (κ1) is 12.1. The molecule has 0 aliphatic carbocycles. The molecule has 0 saturated heterocycles. The molecule has 5 heteroatoms. The van der Waals surface area contributed by atoms with Gasteiger partial charge in [-0.25, -0.2) is 0 Å². The highest BCUT2D eigenvalue weighted by molar-refractivity contribution is 5.78. The lowest BCUT2D eigenvalue weighted by Crippen LogP contribution is -2.21. The van der Waals surface area contributed by atoms with Crippen LogP contribution in [0.2, 0.25) is 0 Å². The first-order valence-corrected chi connectivity index (χ1v) is 6.64. The summed E-state index contributed by atoms with van der Waals surface area (Å²) in [5.41, 5.74) is 1.52. The fourth-order valence-electron chi connectivity index (χ4n) is 2.82. The summed E-state index contributed by atoms with van der Waals surface area (Å²) in [7, 11) is 0. The Hall–Kier alpha value is -2.69. The molecule has 2 aromatic carbocycles. The first-order chi connectivity index (χ1) is 10.2. The minimum atomic E-state index is -0.309. The van der Waals surface area contributed by atoms with E-state index in [1.54, 1.807) is 18.2 Å². The number of carbonyl (C=O) groups is 1. The highest BCUT2D eigenvalue weighted by atomic mass is 16.7. The number of rotatable bonds is 1. The van der Waals surface area contributed by atoms with E-state index in [9.17, 15) is 9.90 Å². The van der Waals surface area contributed by atoms with Gasteiger partial charge >= 0.3 is 5.97 Å². The van der Waals surface area contributed by atoms with Gasteiger partial charge in [-0.2, -0.15) is 0 Å². The third-order valence-corrected chi connectivity index (χ3v) is 3.79. The van der Waals surface area contributed by atoms with Crippen molar-refractivity contribution in [2.75, 3.05) is 6.79 Å². The number of fused-ring (bicyclic) bond motifs is 2. The van der Waals surface area contributed by atoms with Crippen molar-refractivity contribution in [1.82, 2.24) is 0 Å². The predicted octanol–water partition coefficient (Wildman–Crippen LogP) is 2.56. The number of phenolic OH excluding ortho intramolecular Hbond substituents is 1. The van der Waals surface area contributed by atoms with E-state index in [2.05, 4.69) is 0 Å². The fraction of sp³-hybridized carbons (Fsp3) is 0.188. The fourth-order valence-corrected chi connectivity index (χ4v) is 2.82.